The number of hydrogen-bond donors (Lipinski definition) is 3. The van der Waals surface area contributed by atoms with Crippen LogP contribution in [0.1, 0.15) is 17.7 Å². The standard InChI is InChI=1S/C20H24BrN5O4/c1-13-14(19(29)25-20(23-13)26-8-10-30-11-9-26)6-7-17(27)22-12-18(28)24-16-5-3-2-4-15(16)21/h2-5H,6-12H2,1H3,(H,22,27)(H,24,28)(H,23,25,29). The minimum absolute atomic E-state index is 0.0881. The van der Waals surface area contributed by atoms with Crippen LogP contribution in [0.3, 0.4) is 0 Å². The predicted octanol–water partition coefficient (Wildman–Crippen LogP) is 1.36. The number of carbonyl (C=O) groups is 2. The van der Waals surface area contributed by atoms with Gasteiger partial charge in [0.2, 0.25) is 17.8 Å². The lowest BCUT2D eigenvalue weighted by Gasteiger charge is -2.27. The van der Waals surface area contributed by atoms with E-state index < -0.39 is 0 Å². The first kappa shape index (κ1) is 22.0. The van der Waals surface area contributed by atoms with Gasteiger partial charge in [-0.15, -0.1) is 0 Å². The molecule has 2 aromatic rings. The predicted molar refractivity (Wildman–Crippen MR) is 117 cm³/mol. The van der Waals surface area contributed by atoms with Gasteiger partial charge in [0.1, 0.15) is 0 Å². The van der Waals surface area contributed by atoms with E-state index in [4.69, 9.17) is 4.74 Å². The van der Waals surface area contributed by atoms with Crippen molar-refractivity contribution in [2.24, 2.45) is 0 Å². The molecule has 1 saturated heterocycles. The van der Waals surface area contributed by atoms with E-state index in [2.05, 4.69) is 36.5 Å². The second kappa shape index (κ2) is 10.4. The number of nitrogens with zero attached hydrogens (tertiary/aromatic N) is 2. The molecule has 1 aromatic heterocycles. The molecule has 0 spiro atoms. The Labute approximate surface area is 182 Å². The average molecular weight is 478 g/mol. The number of ether oxygens (including phenoxy) is 1. The topological polar surface area (TPSA) is 116 Å². The lowest BCUT2D eigenvalue weighted by Crippen LogP contribution is -2.39. The van der Waals surface area contributed by atoms with Gasteiger partial charge in [0.15, 0.2) is 0 Å². The van der Waals surface area contributed by atoms with Gasteiger partial charge in [-0.25, -0.2) is 4.98 Å². The molecule has 0 radical (unpaired) electrons. The quantitative estimate of drug-likeness (QED) is 0.554. The number of aromatic amines is 1. The van der Waals surface area contributed by atoms with E-state index in [1.165, 1.54) is 0 Å². The number of carbonyl (C=O) groups excluding carboxylic acids is 2. The third kappa shape index (κ3) is 5.90. The summed E-state index contributed by atoms with van der Waals surface area (Å²) in [6.45, 7) is 4.15. The van der Waals surface area contributed by atoms with Crippen LogP contribution in [0.15, 0.2) is 33.5 Å². The molecule has 0 unspecified atom stereocenters. The molecular formula is C20H24BrN5O4. The summed E-state index contributed by atoms with van der Waals surface area (Å²) in [6.07, 6.45) is 0.333. The van der Waals surface area contributed by atoms with Gasteiger partial charge in [-0.05, 0) is 41.4 Å². The van der Waals surface area contributed by atoms with Crippen molar-refractivity contribution >= 4 is 39.4 Å². The number of nitrogens with one attached hydrogen (secondary N) is 3. The molecule has 2 amide bonds. The molecule has 2 heterocycles. The fourth-order valence-corrected chi connectivity index (χ4v) is 3.46. The van der Waals surface area contributed by atoms with Crippen LogP contribution in [0.2, 0.25) is 0 Å². The molecule has 160 valence electrons. The Balaban J connectivity index is 1.50. The summed E-state index contributed by atoms with van der Waals surface area (Å²) in [5, 5.41) is 5.29. The van der Waals surface area contributed by atoms with Gasteiger partial charge >= 0.3 is 0 Å². The number of aromatic nitrogens is 2. The van der Waals surface area contributed by atoms with E-state index in [1.54, 1.807) is 19.1 Å². The van der Waals surface area contributed by atoms with Gasteiger partial charge in [0.25, 0.3) is 5.56 Å². The summed E-state index contributed by atoms with van der Waals surface area (Å²) in [4.78, 5) is 45.8. The summed E-state index contributed by atoms with van der Waals surface area (Å²) in [5.74, 6) is -0.119. The SMILES string of the molecule is Cc1nc(N2CCOCC2)[nH]c(=O)c1CCC(=O)NCC(=O)Nc1ccccc1Br. The van der Waals surface area contributed by atoms with Crippen LogP contribution < -0.4 is 21.1 Å². The molecule has 0 bridgehead atoms. The van der Waals surface area contributed by atoms with Crippen LogP contribution in [-0.4, -0.2) is 54.6 Å². The van der Waals surface area contributed by atoms with Crippen LogP contribution in [0.5, 0.6) is 0 Å². The maximum Gasteiger partial charge on any atom is 0.255 e. The van der Waals surface area contributed by atoms with Crippen LogP contribution in [0.4, 0.5) is 11.6 Å². The van der Waals surface area contributed by atoms with E-state index in [0.29, 0.717) is 49.2 Å². The number of amides is 2. The lowest BCUT2D eigenvalue weighted by molar-refractivity contribution is -0.124. The number of para-hydroxylation sites is 1. The molecule has 10 heteroatoms. The fraction of sp³-hybridized carbons (Fsp3) is 0.400. The maximum atomic E-state index is 12.5. The number of H-pyrrole nitrogens is 1. The minimum atomic E-state index is -0.333. The van der Waals surface area contributed by atoms with Gasteiger partial charge in [-0.3, -0.25) is 19.4 Å². The molecule has 0 atom stereocenters. The zero-order chi connectivity index (χ0) is 21.5. The van der Waals surface area contributed by atoms with Crippen LogP contribution in [0.25, 0.3) is 0 Å². The summed E-state index contributed by atoms with van der Waals surface area (Å²) in [6, 6.07) is 7.21. The van der Waals surface area contributed by atoms with Crippen molar-refractivity contribution in [1.29, 1.82) is 0 Å². The van der Waals surface area contributed by atoms with Crippen molar-refractivity contribution in [2.45, 2.75) is 19.8 Å². The Morgan fingerprint density at radius 1 is 1.23 bits per heavy atom. The Bertz CT molecular complexity index is 972. The molecule has 0 aliphatic carbocycles. The highest BCUT2D eigenvalue weighted by Crippen LogP contribution is 2.20. The molecule has 1 aliphatic rings. The molecule has 30 heavy (non-hydrogen) atoms. The van der Waals surface area contributed by atoms with E-state index in [9.17, 15) is 14.4 Å². The number of rotatable bonds is 7. The van der Waals surface area contributed by atoms with Gasteiger partial charge < -0.3 is 20.3 Å². The number of hydrogen-bond acceptors (Lipinski definition) is 6. The van der Waals surface area contributed by atoms with Gasteiger partial charge in [-0.1, -0.05) is 12.1 Å². The van der Waals surface area contributed by atoms with Crippen molar-refractivity contribution in [3.05, 3.63) is 50.3 Å². The van der Waals surface area contributed by atoms with Crippen molar-refractivity contribution in [3.63, 3.8) is 0 Å². The fourth-order valence-electron chi connectivity index (χ4n) is 3.08. The third-order valence-electron chi connectivity index (χ3n) is 4.72. The number of morpholine rings is 1. The smallest absolute Gasteiger partial charge is 0.255 e. The van der Waals surface area contributed by atoms with E-state index in [0.717, 1.165) is 4.47 Å². The van der Waals surface area contributed by atoms with Gasteiger partial charge in [0, 0.05) is 35.2 Å². The third-order valence-corrected chi connectivity index (χ3v) is 5.41. The molecular weight excluding hydrogens is 454 g/mol. The van der Waals surface area contributed by atoms with E-state index >= 15 is 0 Å². The first-order chi connectivity index (χ1) is 14.4. The summed E-state index contributed by atoms with van der Waals surface area (Å²) >= 11 is 3.35. The lowest BCUT2D eigenvalue weighted by atomic mass is 10.1. The van der Waals surface area contributed by atoms with Crippen LogP contribution >= 0.6 is 15.9 Å². The summed E-state index contributed by atoms with van der Waals surface area (Å²) in [5.41, 5.74) is 1.45. The Hall–Kier alpha value is -2.72. The van der Waals surface area contributed by atoms with Crippen molar-refractivity contribution in [3.8, 4) is 0 Å². The van der Waals surface area contributed by atoms with E-state index in [1.807, 2.05) is 17.0 Å². The van der Waals surface area contributed by atoms with Crippen molar-refractivity contribution < 1.29 is 14.3 Å². The average Bonchev–Trinajstić information content (AvgIpc) is 2.74. The molecule has 3 N–H and O–H groups in total. The van der Waals surface area contributed by atoms with Crippen molar-refractivity contribution in [1.82, 2.24) is 15.3 Å². The normalized spacial score (nSPS) is 13.7. The highest BCUT2D eigenvalue weighted by atomic mass is 79.9. The summed E-state index contributed by atoms with van der Waals surface area (Å²) < 4.78 is 6.07. The molecule has 9 nitrogen and oxygen atoms in total. The zero-order valence-corrected chi connectivity index (χ0v) is 18.3. The van der Waals surface area contributed by atoms with E-state index in [-0.39, 0.29) is 36.8 Å². The van der Waals surface area contributed by atoms with Crippen LogP contribution in [0, 0.1) is 6.92 Å². The van der Waals surface area contributed by atoms with Crippen molar-refractivity contribution in [2.75, 3.05) is 43.1 Å². The number of benzene rings is 1. The minimum Gasteiger partial charge on any atom is -0.378 e. The van der Waals surface area contributed by atoms with Crippen LogP contribution in [-0.2, 0) is 20.7 Å². The Morgan fingerprint density at radius 3 is 2.67 bits per heavy atom. The molecule has 1 aromatic carbocycles. The number of halogens is 1. The largest absolute Gasteiger partial charge is 0.378 e. The monoisotopic (exact) mass is 477 g/mol. The second-order valence-electron chi connectivity index (χ2n) is 6.86. The summed E-state index contributed by atoms with van der Waals surface area (Å²) in [7, 11) is 0. The second-order valence-corrected chi connectivity index (χ2v) is 7.71. The first-order valence-electron chi connectivity index (χ1n) is 9.67. The number of aryl methyl sites for hydroxylation is 1. The van der Waals surface area contributed by atoms with Gasteiger partial charge in [-0.2, -0.15) is 0 Å². The first-order valence-corrected chi connectivity index (χ1v) is 10.5. The molecule has 1 aliphatic heterocycles. The highest BCUT2D eigenvalue weighted by molar-refractivity contribution is 9.10. The zero-order valence-electron chi connectivity index (χ0n) is 16.7. The van der Waals surface area contributed by atoms with Gasteiger partial charge in [0.05, 0.1) is 25.4 Å². The molecule has 3 rings (SSSR count). The number of anilines is 2. The Morgan fingerprint density at radius 2 is 1.97 bits per heavy atom. The Kier molecular flexibility index (Phi) is 7.58. The molecule has 1 fully saturated rings. The highest BCUT2D eigenvalue weighted by Gasteiger charge is 2.17. The molecule has 0 saturated carbocycles. The maximum absolute atomic E-state index is 12.5.